The van der Waals surface area contributed by atoms with E-state index in [-0.39, 0.29) is 23.5 Å². The fourth-order valence-corrected chi connectivity index (χ4v) is 5.87. The van der Waals surface area contributed by atoms with Crippen LogP contribution in [0.4, 0.5) is 10.1 Å². The molecule has 0 N–H and O–H groups in total. The molecule has 0 aromatic heterocycles. The third-order valence-electron chi connectivity index (χ3n) is 6.06. The Hall–Kier alpha value is -2.34. The standard InChI is InChI=1S/C22H21FN2O2S/c23-17-9-10-19-18(13-17)22(21(27)24(19)14-15-5-2-1-3-6-15)25(11-12-28-22)20(26)16-7-4-8-16/h1-3,5-6,9-10,13,16H,4,7-8,11-12,14H2/t22-/m1/s1. The van der Waals surface area contributed by atoms with Crippen LogP contribution < -0.4 is 4.90 Å². The summed E-state index contributed by atoms with van der Waals surface area (Å²) in [6, 6.07) is 14.3. The topological polar surface area (TPSA) is 40.6 Å². The highest BCUT2D eigenvalue weighted by Gasteiger charge is 2.60. The molecule has 1 atom stereocenters. The lowest BCUT2D eigenvalue weighted by Gasteiger charge is -2.37. The Morgan fingerprint density at radius 3 is 2.68 bits per heavy atom. The minimum Gasteiger partial charge on any atom is -0.315 e. The van der Waals surface area contributed by atoms with Gasteiger partial charge in [0.05, 0.1) is 12.2 Å². The van der Waals surface area contributed by atoms with Crippen LogP contribution in [0, 0.1) is 11.7 Å². The number of nitrogens with zero attached hydrogens (tertiary/aromatic N) is 2. The van der Waals surface area contributed by atoms with Gasteiger partial charge in [-0.25, -0.2) is 4.39 Å². The molecule has 1 aliphatic carbocycles. The Morgan fingerprint density at radius 1 is 1.18 bits per heavy atom. The molecule has 3 aliphatic rings. The third-order valence-corrected chi connectivity index (χ3v) is 7.48. The predicted octanol–water partition coefficient (Wildman–Crippen LogP) is 3.90. The van der Waals surface area contributed by atoms with Crippen molar-refractivity contribution in [3.05, 3.63) is 65.5 Å². The monoisotopic (exact) mass is 396 g/mol. The summed E-state index contributed by atoms with van der Waals surface area (Å²) in [6.45, 7) is 0.937. The average Bonchev–Trinajstić information content (AvgIpc) is 3.19. The molecular weight excluding hydrogens is 375 g/mol. The molecule has 2 aromatic carbocycles. The molecule has 1 spiro atoms. The maximum absolute atomic E-state index is 14.2. The van der Waals surface area contributed by atoms with Crippen molar-refractivity contribution in [2.45, 2.75) is 30.7 Å². The Kier molecular flexibility index (Phi) is 4.19. The molecule has 5 rings (SSSR count). The highest BCUT2D eigenvalue weighted by Crippen LogP contribution is 2.55. The summed E-state index contributed by atoms with van der Waals surface area (Å²) in [5.41, 5.74) is 2.32. The van der Waals surface area contributed by atoms with Crippen LogP contribution in [0.25, 0.3) is 0 Å². The number of carbonyl (C=O) groups is 2. The van der Waals surface area contributed by atoms with E-state index in [2.05, 4.69) is 0 Å². The molecule has 6 heteroatoms. The molecule has 2 fully saturated rings. The molecule has 1 saturated heterocycles. The van der Waals surface area contributed by atoms with Crippen LogP contribution in [-0.4, -0.2) is 29.0 Å². The van der Waals surface area contributed by atoms with Gasteiger partial charge in [-0.2, -0.15) is 0 Å². The number of rotatable bonds is 3. The van der Waals surface area contributed by atoms with Crippen molar-refractivity contribution in [3.8, 4) is 0 Å². The largest absolute Gasteiger partial charge is 0.315 e. The molecule has 28 heavy (non-hydrogen) atoms. The summed E-state index contributed by atoms with van der Waals surface area (Å²) in [6.07, 6.45) is 2.83. The van der Waals surface area contributed by atoms with Crippen LogP contribution in [-0.2, 0) is 21.0 Å². The second-order valence-electron chi connectivity index (χ2n) is 7.65. The van der Waals surface area contributed by atoms with Gasteiger partial charge >= 0.3 is 0 Å². The fourth-order valence-electron chi connectivity index (χ4n) is 4.41. The Labute approximate surface area is 167 Å². The first-order chi connectivity index (χ1) is 13.6. The number of benzene rings is 2. The zero-order valence-corrected chi connectivity index (χ0v) is 16.3. The fraction of sp³-hybridized carbons (Fsp3) is 0.364. The van der Waals surface area contributed by atoms with E-state index in [1.807, 2.05) is 30.3 Å². The number of hydrogen-bond donors (Lipinski definition) is 0. The average molecular weight is 396 g/mol. The first-order valence-electron chi connectivity index (χ1n) is 9.72. The van der Waals surface area contributed by atoms with E-state index in [9.17, 15) is 14.0 Å². The van der Waals surface area contributed by atoms with Gasteiger partial charge < -0.3 is 9.80 Å². The maximum atomic E-state index is 14.2. The summed E-state index contributed by atoms with van der Waals surface area (Å²) < 4.78 is 14.2. The van der Waals surface area contributed by atoms with Crippen molar-refractivity contribution in [3.63, 3.8) is 0 Å². The van der Waals surface area contributed by atoms with Gasteiger partial charge in [-0.15, -0.1) is 11.8 Å². The zero-order valence-electron chi connectivity index (χ0n) is 15.4. The summed E-state index contributed by atoms with van der Waals surface area (Å²) in [5, 5.41) is 0. The third kappa shape index (κ3) is 2.50. The summed E-state index contributed by atoms with van der Waals surface area (Å²) >= 11 is 1.46. The molecule has 0 unspecified atom stereocenters. The van der Waals surface area contributed by atoms with E-state index in [0.29, 0.717) is 30.1 Å². The second-order valence-corrected chi connectivity index (χ2v) is 8.94. The van der Waals surface area contributed by atoms with Crippen molar-refractivity contribution in [2.24, 2.45) is 5.92 Å². The molecule has 144 valence electrons. The smallest absolute Gasteiger partial charge is 0.268 e. The van der Waals surface area contributed by atoms with Gasteiger partial charge in [-0.3, -0.25) is 9.59 Å². The molecule has 2 aliphatic heterocycles. The Bertz CT molecular complexity index is 947. The van der Waals surface area contributed by atoms with Crippen LogP contribution in [0.3, 0.4) is 0 Å². The SMILES string of the molecule is O=C(C1CCC1)N1CCS[C@]12C(=O)N(Cc1ccccc1)c1ccc(F)cc12. The molecular formula is C22H21FN2O2S. The van der Waals surface area contributed by atoms with E-state index in [4.69, 9.17) is 0 Å². The number of carbonyl (C=O) groups excluding carboxylic acids is 2. The second kappa shape index (κ2) is 6.62. The van der Waals surface area contributed by atoms with Crippen LogP contribution in [0.1, 0.15) is 30.4 Å². The molecule has 2 heterocycles. The van der Waals surface area contributed by atoms with Crippen molar-refractivity contribution in [2.75, 3.05) is 17.2 Å². The molecule has 2 aromatic rings. The Morgan fingerprint density at radius 2 is 1.96 bits per heavy atom. The summed E-state index contributed by atoms with van der Waals surface area (Å²) in [5.74, 6) is 0.215. The van der Waals surface area contributed by atoms with Gasteiger partial charge in [-0.1, -0.05) is 36.8 Å². The van der Waals surface area contributed by atoms with E-state index in [0.717, 1.165) is 24.8 Å². The lowest BCUT2D eigenvalue weighted by molar-refractivity contribution is -0.145. The van der Waals surface area contributed by atoms with E-state index < -0.39 is 4.87 Å². The van der Waals surface area contributed by atoms with Crippen molar-refractivity contribution in [1.29, 1.82) is 0 Å². The highest BCUT2D eigenvalue weighted by molar-refractivity contribution is 8.01. The van der Waals surface area contributed by atoms with Crippen LogP contribution in [0.5, 0.6) is 0 Å². The van der Waals surface area contributed by atoms with E-state index in [1.54, 1.807) is 15.9 Å². The maximum Gasteiger partial charge on any atom is 0.268 e. The number of thioether (sulfide) groups is 1. The molecule has 0 bridgehead atoms. The summed E-state index contributed by atoms with van der Waals surface area (Å²) in [7, 11) is 0. The van der Waals surface area contributed by atoms with Crippen molar-refractivity contribution < 1.29 is 14.0 Å². The quantitative estimate of drug-likeness (QED) is 0.790. The predicted molar refractivity (Wildman–Crippen MR) is 107 cm³/mol. The molecule has 1 saturated carbocycles. The number of amides is 2. The van der Waals surface area contributed by atoms with E-state index >= 15 is 0 Å². The summed E-state index contributed by atoms with van der Waals surface area (Å²) in [4.78, 5) is 29.2. The first-order valence-corrected chi connectivity index (χ1v) is 10.7. The highest BCUT2D eigenvalue weighted by atomic mass is 32.2. The number of hydrogen-bond acceptors (Lipinski definition) is 3. The van der Waals surface area contributed by atoms with Gasteiger partial charge in [0.15, 0.2) is 4.87 Å². The van der Waals surface area contributed by atoms with Gasteiger partial charge in [0, 0.05) is 23.8 Å². The van der Waals surface area contributed by atoms with Gasteiger partial charge in [0.2, 0.25) is 5.91 Å². The molecule has 4 nitrogen and oxygen atoms in total. The minimum absolute atomic E-state index is 0.00329. The molecule has 2 amide bonds. The number of halogens is 1. The lowest BCUT2D eigenvalue weighted by Crippen LogP contribution is -2.52. The normalized spacial score (nSPS) is 24.0. The van der Waals surface area contributed by atoms with Crippen LogP contribution in [0.2, 0.25) is 0 Å². The van der Waals surface area contributed by atoms with Crippen LogP contribution in [0.15, 0.2) is 48.5 Å². The first kappa shape index (κ1) is 17.7. The van der Waals surface area contributed by atoms with Gasteiger partial charge in [0.25, 0.3) is 5.91 Å². The lowest BCUT2D eigenvalue weighted by atomic mass is 9.84. The van der Waals surface area contributed by atoms with Gasteiger partial charge in [-0.05, 0) is 36.6 Å². The van der Waals surface area contributed by atoms with Crippen LogP contribution >= 0.6 is 11.8 Å². The number of anilines is 1. The zero-order chi connectivity index (χ0) is 19.3. The van der Waals surface area contributed by atoms with Crippen molar-refractivity contribution >= 4 is 29.3 Å². The van der Waals surface area contributed by atoms with Gasteiger partial charge in [0.1, 0.15) is 5.82 Å². The minimum atomic E-state index is -1.13. The van der Waals surface area contributed by atoms with E-state index in [1.165, 1.54) is 23.9 Å². The number of fused-ring (bicyclic) bond motifs is 2. The Balaban J connectivity index is 1.59. The van der Waals surface area contributed by atoms with Crippen molar-refractivity contribution in [1.82, 2.24) is 4.90 Å². The molecule has 0 radical (unpaired) electrons.